The van der Waals surface area contributed by atoms with Crippen LogP contribution in [0.2, 0.25) is 0 Å². The van der Waals surface area contributed by atoms with E-state index in [-0.39, 0.29) is 22.3 Å². The van der Waals surface area contributed by atoms with E-state index in [4.69, 9.17) is 0 Å². The summed E-state index contributed by atoms with van der Waals surface area (Å²) in [6.07, 6.45) is 15.2. The van der Waals surface area contributed by atoms with Crippen LogP contribution < -0.4 is 0 Å². The average molecular weight is 439 g/mol. The number of hydrogen-bond acceptors (Lipinski definition) is 2. The van der Waals surface area contributed by atoms with Crippen molar-refractivity contribution in [1.29, 1.82) is 0 Å². The smallest absolute Gasteiger partial charge is 0.337 e. The van der Waals surface area contributed by atoms with Gasteiger partial charge in [-0.05, 0) is 25.0 Å². The minimum absolute atomic E-state index is 0.00862. The Balaban J connectivity index is 2.83. The first-order valence-corrected chi connectivity index (χ1v) is 12.1. The lowest BCUT2D eigenvalue weighted by Crippen LogP contribution is -2.07. The normalized spacial score (nSPS) is 10.1. The van der Waals surface area contributed by atoms with Crippen molar-refractivity contribution < 1.29 is 19.8 Å². The molecule has 0 radical (unpaired) electrons. The second-order valence-corrected chi connectivity index (χ2v) is 8.19. The molecule has 0 saturated heterocycles. The summed E-state index contributed by atoms with van der Waals surface area (Å²) >= 11 is 0. The van der Waals surface area contributed by atoms with Crippen molar-refractivity contribution in [2.24, 2.45) is 0 Å². The van der Waals surface area contributed by atoms with Crippen molar-refractivity contribution in [3.63, 3.8) is 0 Å². The third-order valence-corrected chi connectivity index (χ3v) is 5.38. The summed E-state index contributed by atoms with van der Waals surface area (Å²) in [6.45, 7) is 4.37. The van der Waals surface area contributed by atoms with Crippen LogP contribution in [0.25, 0.3) is 0 Å². The lowest BCUT2D eigenvalue weighted by Gasteiger charge is -2.05. The van der Waals surface area contributed by atoms with Crippen LogP contribution in [0.1, 0.15) is 136 Å². The molecule has 0 bridgehead atoms. The van der Waals surface area contributed by atoms with E-state index in [1.807, 2.05) is 0 Å². The fraction of sp³-hybridized carbons (Fsp3) is 0.571. The van der Waals surface area contributed by atoms with E-state index in [2.05, 4.69) is 37.5 Å². The minimum Gasteiger partial charge on any atom is -0.478 e. The highest BCUT2D eigenvalue weighted by molar-refractivity contribution is 5.96. The van der Waals surface area contributed by atoms with Crippen molar-refractivity contribution in [2.75, 3.05) is 0 Å². The van der Waals surface area contributed by atoms with Gasteiger partial charge in [-0.15, -0.1) is 0 Å². The molecule has 1 aromatic rings. The lowest BCUT2D eigenvalue weighted by molar-refractivity contribution is 0.0680. The largest absolute Gasteiger partial charge is 0.478 e. The number of carboxylic acid groups (broad SMARTS) is 2. The van der Waals surface area contributed by atoms with Crippen molar-refractivity contribution in [2.45, 2.75) is 104 Å². The molecular weight excluding hydrogens is 400 g/mol. The number of benzene rings is 1. The molecule has 0 aliphatic carbocycles. The molecule has 0 amide bonds. The number of carbonyl (C=O) groups is 2. The zero-order valence-electron chi connectivity index (χ0n) is 19.8. The maximum atomic E-state index is 11.7. The molecule has 32 heavy (non-hydrogen) atoms. The molecular formula is C28H38O4. The Morgan fingerprint density at radius 1 is 0.625 bits per heavy atom. The van der Waals surface area contributed by atoms with Gasteiger partial charge in [0, 0.05) is 24.0 Å². The fourth-order valence-electron chi connectivity index (χ4n) is 3.46. The van der Waals surface area contributed by atoms with Crippen LogP contribution in [0.4, 0.5) is 0 Å². The summed E-state index contributed by atoms with van der Waals surface area (Å²) in [6, 6.07) is 2.71. The summed E-state index contributed by atoms with van der Waals surface area (Å²) in [4.78, 5) is 23.5. The van der Waals surface area contributed by atoms with Crippen LogP contribution in [-0.2, 0) is 0 Å². The van der Waals surface area contributed by atoms with Crippen LogP contribution in [-0.4, -0.2) is 22.2 Å². The van der Waals surface area contributed by atoms with E-state index in [1.54, 1.807) is 0 Å². The van der Waals surface area contributed by atoms with Crippen molar-refractivity contribution in [3.05, 3.63) is 34.4 Å². The average Bonchev–Trinajstić information content (AvgIpc) is 2.77. The summed E-state index contributed by atoms with van der Waals surface area (Å²) in [5.41, 5.74) is 0.494. The summed E-state index contributed by atoms with van der Waals surface area (Å²) in [5.74, 6) is 9.54. The van der Waals surface area contributed by atoms with Gasteiger partial charge in [0.25, 0.3) is 0 Å². The lowest BCUT2D eigenvalue weighted by atomic mass is 9.98. The van der Waals surface area contributed by atoms with Crippen LogP contribution in [0.5, 0.6) is 0 Å². The highest BCUT2D eigenvalue weighted by Gasteiger charge is 2.17. The number of hydrogen-bond donors (Lipinski definition) is 2. The van der Waals surface area contributed by atoms with E-state index in [1.165, 1.54) is 63.5 Å². The van der Waals surface area contributed by atoms with Crippen molar-refractivity contribution in [1.82, 2.24) is 0 Å². The molecule has 2 N–H and O–H groups in total. The molecule has 0 heterocycles. The summed E-state index contributed by atoms with van der Waals surface area (Å²) in [5, 5.41) is 19.2. The van der Waals surface area contributed by atoms with Crippen molar-refractivity contribution >= 4 is 11.9 Å². The number of aromatic carboxylic acids is 2. The maximum Gasteiger partial charge on any atom is 0.337 e. The van der Waals surface area contributed by atoms with Gasteiger partial charge in [0.15, 0.2) is 0 Å². The molecule has 1 rings (SSSR count). The Morgan fingerprint density at radius 3 is 1.31 bits per heavy atom. The van der Waals surface area contributed by atoms with Gasteiger partial charge >= 0.3 is 11.9 Å². The van der Waals surface area contributed by atoms with Crippen LogP contribution >= 0.6 is 0 Å². The zero-order chi connectivity index (χ0) is 23.6. The molecule has 0 spiro atoms. The Bertz CT molecular complexity index is 774. The molecule has 0 aromatic heterocycles. The third kappa shape index (κ3) is 11.1. The Labute approximate surface area is 193 Å². The standard InChI is InChI=1S/C28H38O4/c1-3-5-7-9-11-13-15-17-19-23-21-26(28(31)32)24(22-25(23)27(29)30)20-18-16-14-12-10-8-6-4-2/h21-22H,3-16H2,1-2H3,(H,29,30)(H,31,32). The van der Waals surface area contributed by atoms with E-state index < -0.39 is 11.9 Å². The highest BCUT2D eigenvalue weighted by atomic mass is 16.4. The summed E-state index contributed by atoms with van der Waals surface area (Å²) < 4.78 is 0. The van der Waals surface area contributed by atoms with Gasteiger partial charge in [0.1, 0.15) is 0 Å². The molecule has 0 fully saturated rings. The second kappa shape index (κ2) is 16.9. The highest BCUT2D eigenvalue weighted by Crippen LogP contribution is 2.18. The SMILES string of the molecule is CCCCCCCCC#Cc1cc(C(=O)O)c(C#CCCCCCCCC)cc1C(=O)O. The molecule has 4 nitrogen and oxygen atoms in total. The first-order valence-electron chi connectivity index (χ1n) is 12.1. The van der Waals surface area contributed by atoms with Gasteiger partial charge in [0.2, 0.25) is 0 Å². The molecule has 0 unspecified atom stereocenters. The molecule has 174 valence electrons. The van der Waals surface area contributed by atoms with Gasteiger partial charge in [-0.1, -0.05) is 102 Å². The fourth-order valence-corrected chi connectivity index (χ4v) is 3.46. The monoisotopic (exact) mass is 438 g/mol. The molecule has 4 heteroatoms. The first kappa shape index (κ1) is 27.3. The van der Waals surface area contributed by atoms with Gasteiger partial charge in [-0.25, -0.2) is 9.59 Å². The Morgan fingerprint density at radius 2 is 0.969 bits per heavy atom. The maximum absolute atomic E-state index is 11.7. The first-order chi connectivity index (χ1) is 15.5. The van der Waals surface area contributed by atoms with E-state index in [9.17, 15) is 19.8 Å². The molecule has 0 atom stereocenters. The minimum atomic E-state index is -1.12. The van der Waals surface area contributed by atoms with E-state index in [0.717, 1.165) is 25.7 Å². The number of unbranched alkanes of at least 4 members (excludes halogenated alkanes) is 12. The third-order valence-electron chi connectivity index (χ3n) is 5.38. The number of carboxylic acids is 2. The predicted octanol–water partition coefficient (Wildman–Crippen LogP) is 7.29. The van der Waals surface area contributed by atoms with Crippen LogP contribution in [0, 0.1) is 23.7 Å². The van der Waals surface area contributed by atoms with Gasteiger partial charge in [-0.3, -0.25) is 0 Å². The quantitative estimate of drug-likeness (QED) is 0.236. The molecule has 0 saturated carbocycles. The molecule has 0 aliphatic rings. The second-order valence-electron chi connectivity index (χ2n) is 8.19. The topological polar surface area (TPSA) is 74.6 Å². The predicted molar refractivity (Wildman–Crippen MR) is 130 cm³/mol. The molecule has 0 aliphatic heterocycles. The Kier molecular flexibility index (Phi) is 14.4. The van der Waals surface area contributed by atoms with Crippen molar-refractivity contribution in [3.8, 4) is 23.7 Å². The van der Waals surface area contributed by atoms with Gasteiger partial charge in [-0.2, -0.15) is 0 Å². The summed E-state index contributed by atoms with van der Waals surface area (Å²) in [7, 11) is 0. The zero-order valence-corrected chi connectivity index (χ0v) is 19.8. The molecule has 1 aromatic carbocycles. The van der Waals surface area contributed by atoms with E-state index >= 15 is 0 Å². The van der Waals surface area contributed by atoms with Gasteiger partial charge < -0.3 is 10.2 Å². The van der Waals surface area contributed by atoms with E-state index in [0.29, 0.717) is 12.8 Å². The van der Waals surface area contributed by atoms with Crippen LogP contribution in [0.15, 0.2) is 12.1 Å². The number of rotatable bonds is 14. The van der Waals surface area contributed by atoms with Gasteiger partial charge in [0.05, 0.1) is 11.1 Å². The Hall–Kier alpha value is -2.72. The van der Waals surface area contributed by atoms with Crippen LogP contribution in [0.3, 0.4) is 0 Å².